The number of hydrogen-bond acceptors (Lipinski definition) is 3. The van der Waals surface area contributed by atoms with Gasteiger partial charge in [0.1, 0.15) is 11.6 Å². The van der Waals surface area contributed by atoms with Crippen molar-refractivity contribution >= 4 is 5.69 Å². The van der Waals surface area contributed by atoms with E-state index in [1.165, 1.54) is 31.7 Å². The van der Waals surface area contributed by atoms with Crippen molar-refractivity contribution in [2.75, 3.05) is 5.32 Å². The number of rotatable bonds is 3. The molecule has 21 heavy (non-hydrogen) atoms. The average molecular weight is 295 g/mol. The van der Waals surface area contributed by atoms with Crippen LogP contribution in [0.15, 0.2) is 27.8 Å². The van der Waals surface area contributed by atoms with Gasteiger partial charge in [0.05, 0.1) is 12.2 Å². The molecule has 0 atom stereocenters. The van der Waals surface area contributed by atoms with Crippen LogP contribution in [0.2, 0.25) is 0 Å². The van der Waals surface area contributed by atoms with Crippen LogP contribution in [-0.4, -0.2) is 9.13 Å². The highest BCUT2D eigenvalue weighted by Crippen LogP contribution is 2.19. The molecule has 2 aromatic rings. The second kappa shape index (κ2) is 5.51. The van der Waals surface area contributed by atoms with Gasteiger partial charge in [-0.15, -0.1) is 0 Å². The molecule has 0 radical (unpaired) electrons. The Kier molecular flexibility index (Phi) is 3.93. The number of aryl methyl sites for hydroxylation is 1. The summed E-state index contributed by atoms with van der Waals surface area (Å²) >= 11 is 0. The fraction of sp³-hybridized carbons (Fsp3) is 0.286. The van der Waals surface area contributed by atoms with Gasteiger partial charge in [0.25, 0.3) is 5.56 Å². The van der Waals surface area contributed by atoms with Gasteiger partial charge in [0.15, 0.2) is 0 Å². The summed E-state index contributed by atoms with van der Waals surface area (Å²) in [5.41, 5.74) is -0.367. The molecule has 0 aliphatic carbocycles. The van der Waals surface area contributed by atoms with Crippen molar-refractivity contribution < 1.29 is 8.78 Å². The molecule has 2 rings (SSSR count). The van der Waals surface area contributed by atoms with Crippen molar-refractivity contribution in [2.24, 2.45) is 14.1 Å². The zero-order chi connectivity index (χ0) is 15.7. The standard InChI is InChI=1S/C14H15F2N3O2/c1-8-4-11(16)12(6-10(8)15)17-7-9-5-13(20)19(3)14(21)18(9)2/h4-6,17H,7H2,1-3H3. The van der Waals surface area contributed by atoms with Gasteiger partial charge < -0.3 is 5.32 Å². The second-order valence-electron chi connectivity index (χ2n) is 4.81. The van der Waals surface area contributed by atoms with E-state index in [2.05, 4.69) is 5.32 Å². The summed E-state index contributed by atoms with van der Waals surface area (Å²) in [7, 11) is 2.88. The third-order valence-corrected chi connectivity index (χ3v) is 3.33. The molecule has 0 aliphatic heterocycles. The van der Waals surface area contributed by atoms with Crippen LogP contribution in [0.4, 0.5) is 14.5 Å². The molecular weight excluding hydrogens is 280 g/mol. The summed E-state index contributed by atoms with van der Waals surface area (Å²) < 4.78 is 29.4. The van der Waals surface area contributed by atoms with Crippen molar-refractivity contribution in [1.82, 2.24) is 9.13 Å². The van der Waals surface area contributed by atoms with Gasteiger partial charge >= 0.3 is 5.69 Å². The Morgan fingerprint density at radius 3 is 2.38 bits per heavy atom. The molecule has 5 nitrogen and oxygen atoms in total. The summed E-state index contributed by atoms with van der Waals surface area (Å²) in [6, 6.07) is 3.40. The van der Waals surface area contributed by atoms with E-state index in [1.807, 2.05) is 0 Å². The fourth-order valence-corrected chi connectivity index (χ4v) is 1.92. The van der Waals surface area contributed by atoms with E-state index in [0.717, 1.165) is 16.7 Å². The van der Waals surface area contributed by atoms with E-state index >= 15 is 0 Å². The maximum atomic E-state index is 13.7. The van der Waals surface area contributed by atoms with Crippen LogP contribution in [0.3, 0.4) is 0 Å². The van der Waals surface area contributed by atoms with Crippen molar-refractivity contribution in [3.05, 3.63) is 61.9 Å². The Morgan fingerprint density at radius 1 is 1.05 bits per heavy atom. The molecule has 0 amide bonds. The number of nitrogens with one attached hydrogen (secondary N) is 1. The summed E-state index contributed by atoms with van der Waals surface area (Å²) in [4.78, 5) is 23.3. The molecule has 1 aromatic heterocycles. The highest BCUT2D eigenvalue weighted by Gasteiger charge is 2.09. The first-order valence-corrected chi connectivity index (χ1v) is 6.26. The lowest BCUT2D eigenvalue weighted by molar-refractivity contribution is 0.593. The molecule has 7 heteroatoms. The van der Waals surface area contributed by atoms with E-state index in [4.69, 9.17) is 0 Å². The Morgan fingerprint density at radius 2 is 1.71 bits per heavy atom. The highest BCUT2D eigenvalue weighted by atomic mass is 19.1. The van der Waals surface area contributed by atoms with Crippen LogP contribution in [0.25, 0.3) is 0 Å². The van der Waals surface area contributed by atoms with Gasteiger partial charge in [0.2, 0.25) is 0 Å². The second-order valence-corrected chi connectivity index (χ2v) is 4.81. The van der Waals surface area contributed by atoms with Crippen LogP contribution in [0, 0.1) is 18.6 Å². The number of anilines is 1. The van der Waals surface area contributed by atoms with Crippen LogP contribution < -0.4 is 16.6 Å². The van der Waals surface area contributed by atoms with Crippen molar-refractivity contribution in [3.8, 4) is 0 Å². The molecule has 0 aliphatic rings. The minimum absolute atomic E-state index is 0.0220. The quantitative estimate of drug-likeness (QED) is 0.928. The molecule has 112 valence electrons. The predicted octanol–water partition coefficient (Wildman–Crippen LogP) is 1.28. The smallest absolute Gasteiger partial charge is 0.330 e. The van der Waals surface area contributed by atoms with Crippen LogP contribution >= 0.6 is 0 Å². The number of aromatic nitrogens is 2. The topological polar surface area (TPSA) is 56.0 Å². The maximum absolute atomic E-state index is 13.7. The molecule has 0 spiro atoms. The monoisotopic (exact) mass is 295 g/mol. The largest absolute Gasteiger partial charge is 0.377 e. The van der Waals surface area contributed by atoms with E-state index in [-0.39, 0.29) is 17.8 Å². The number of hydrogen-bond donors (Lipinski definition) is 1. The van der Waals surface area contributed by atoms with Gasteiger partial charge in [-0.1, -0.05) is 0 Å². The zero-order valence-electron chi connectivity index (χ0n) is 11.9. The molecule has 0 bridgehead atoms. The number of halogens is 2. The lowest BCUT2D eigenvalue weighted by atomic mass is 10.2. The molecule has 0 fully saturated rings. The van der Waals surface area contributed by atoms with E-state index in [0.29, 0.717) is 5.69 Å². The third kappa shape index (κ3) is 2.86. The Labute approximate surface area is 119 Å². The van der Waals surface area contributed by atoms with E-state index in [9.17, 15) is 18.4 Å². The molecule has 1 aromatic carbocycles. The first-order chi connectivity index (χ1) is 9.81. The van der Waals surface area contributed by atoms with Gasteiger partial charge in [-0.2, -0.15) is 0 Å². The predicted molar refractivity (Wildman–Crippen MR) is 75.3 cm³/mol. The van der Waals surface area contributed by atoms with Crippen molar-refractivity contribution in [1.29, 1.82) is 0 Å². The Balaban J connectivity index is 2.31. The average Bonchev–Trinajstić information content (AvgIpc) is 2.44. The normalized spacial score (nSPS) is 10.7. The molecule has 1 heterocycles. The molecular formula is C14H15F2N3O2. The van der Waals surface area contributed by atoms with Gasteiger partial charge in [-0.3, -0.25) is 13.9 Å². The lowest BCUT2D eigenvalue weighted by Gasteiger charge is -2.12. The zero-order valence-corrected chi connectivity index (χ0v) is 11.9. The van der Waals surface area contributed by atoms with E-state index in [1.54, 1.807) is 0 Å². The SMILES string of the molecule is Cc1cc(F)c(NCc2cc(=O)n(C)c(=O)n2C)cc1F. The van der Waals surface area contributed by atoms with Crippen LogP contribution in [0.5, 0.6) is 0 Å². The molecule has 0 saturated heterocycles. The minimum atomic E-state index is -0.595. The van der Waals surface area contributed by atoms with Gasteiger partial charge in [-0.25, -0.2) is 13.6 Å². The summed E-state index contributed by atoms with van der Waals surface area (Å²) in [5.74, 6) is -1.13. The van der Waals surface area contributed by atoms with Crippen molar-refractivity contribution in [2.45, 2.75) is 13.5 Å². The molecule has 0 unspecified atom stereocenters. The number of nitrogens with zero attached hydrogens (tertiary/aromatic N) is 2. The first-order valence-electron chi connectivity index (χ1n) is 6.26. The van der Waals surface area contributed by atoms with E-state index < -0.39 is 22.9 Å². The summed E-state index contributed by atoms with van der Waals surface area (Å²) in [6.07, 6.45) is 0. The maximum Gasteiger partial charge on any atom is 0.330 e. The molecule has 1 N–H and O–H groups in total. The van der Waals surface area contributed by atoms with Gasteiger partial charge in [0, 0.05) is 31.9 Å². The number of benzene rings is 1. The molecule has 0 saturated carbocycles. The van der Waals surface area contributed by atoms with Gasteiger partial charge in [-0.05, 0) is 18.6 Å². The third-order valence-electron chi connectivity index (χ3n) is 3.33. The first kappa shape index (κ1) is 15.0. The lowest BCUT2D eigenvalue weighted by Crippen LogP contribution is -2.38. The van der Waals surface area contributed by atoms with Crippen LogP contribution in [0.1, 0.15) is 11.3 Å². The fourth-order valence-electron chi connectivity index (χ4n) is 1.92. The summed E-state index contributed by atoms with van der Waals surface area (Å²) in [6.45, 7) is 1.49. The van der Waals surface area contributed by atoms with Crippen molar-refractivity contribution in [3.63, 3.8) is 0 Å². The summed E-state index contributed by atoms with van der Waals surface area (Å²) in [5, 5.41) is 2.69. The highest BCUT2D eigenvalue weighted by molar-refractivity contribution is 5.47. The minimum Gasteiger partial charge on any atom is -0.377 e. The Bertz CT molecular complexity index is 809. The van der Waals surface area contributed by atoms with Crippen LogP contribution in [-0.2, 0) is 20.6 Å². The Hall–Kier alpha value is -2.44.